The number of nitrogens with one attached hydrogen (secondary N) is 1. The Bertz CT molecular complexity index is 842. The fourth-order valence-corrected chi connectivity index (χ4v) is 2.08. The third-order valence-electron chi connectivity index (χ3n) is 3.37. The van der Waals surface area contributed by atoms with E-state index >= 15 is 0 Å². The second-order valence-electron chi connectivity index (χ2n) is 5.14. The van der Waals surface area contributed by atoms with Gasteiger partial charge in [-0.25, -0.2) is 0 Å². The van der Waals surface area contributed by atoms with Gasteiger partial charge in [-0.2, -0.15) is 13.2 Å². The van der Waals surface area contributed by atoms with Gasteiger partial charge in [0.05, 0.1) is 11.8 Å². The summed E-state index contributed by atoms with van der Waals surface area (Å²) in [5.41, 5.74) is 0.408. The molecular formula is C17H12F3N3O2. The minimum Gasteiger partial charge on any atom is -0.463 e. The highest BCUT2D eigenvalue weighted by Gasteiger charge is 2.32. The molecule has 0 aromatic carbocycles. The molecule has 0 saturated heterocycles. The molecule has 0 radical (unpaired) electrons. The Hall–Kier alpha value is -3.16. The number of nitrogens with zero attached hydrogens (tertiary/aromatic N) is 2. The first-order valence-corrected chi connectivity index (χ1v) is 7.24. The average molecular weight is 347 g/mol. The first-order chi connectivity index (χ1) is 11.9. The maximum Gasteiger partial charge on any atom is 0.433 e. The van der Waals surface area contributed by atoms with Crippen LogP contribution in [0.15, 0.2) is 59.5 Å². The van der Waals surface area contributed by atoms with Gasteiger partial charge in [0.1, 0.15) is 11.4 Å². The lowest BCUT2D eigenvalue weighted by Gasteiger charge is -2.08. The first kappa shape index (κ1) is 16.7. The molecule has 0 aliphatic heterocycles. The number of carbonyl (C=O) groups is 1. The van der Waals surface area contributed by atoms with Gasteiger partial charge in [-0.05, 0) is 35.9 Å². The third-order valence-corrected chi connectivity index (χ3v) is 3.37. The molecule has 0 bridgehead atoms. The van der Waals surface area contributed by atoms with Crippen LogP contribution in [0.4, 0.5) is 13.2 Å². The lowest BCUT2D eigenvalue weighted by molar-refractivity contribution is -0.141. The molecule has 1 N–H and O–H groups in total. The topological polar surface area (TPSA) is 68.0 Å². The van der Waals surface area contributed by atoms with Crippen LogP contribution in [0.1, 0.15) is 21.6 Å². The highest BCUT2D eigenvalue weighted by molar-refractivity contribution is 5.93. The van der Waals surface area contributed by atoms with E-state index in [0.29, 0.717) is 11.5 Å². The zero-order valence-corrected chi connectivity index (χ0v) is 12.7. The van der Waals surface area contributed by atoms with E-state index in [1.807, 2.05) is 0 Å². The number of alkyl halides is 3. The Morgan fingerprint density at radius 2 is 1.92 bits per heavy atom. The quantitative estimate of drug-likeness (QED) is 0.782. The number of rotatable bonds is 4. The molecule has 5 nitrogen and oxygen atoms in total. The number of furan rings is 1. The Balaban J connectivity index is 1.60. The lowest BCUT2D eigenvalue weighted by Crippen LogP contribution is -2.23. The molecule has 0 unspecified atom stereocenters. The third kappa shape index (κ3) is 4.03. The van der Waals surface area contributed by atoms with Crippen molar-refractivity contribution in [1.82, 2.24) is 15.3 Å². The van der Waals surface area contributed by atoms with Crippen molar-refractivity contribution in [3.05, 3.63) is 71.9 Å². The van der Waals surface area contributed by atoms with E-state index < -0.39 is 17.8 Å². The highest BCUT2D eigenvalue weighted by Crippen LogP contribution is 2.27. The van der Waals surface area contributed by atoms with Crippen molar-refractivity contribution in [1.29, 1.82) is 0 Å². The molecule has 128 valence electrons. The van der Waals surface area contributed by atoms with Crippen molar-refractivity contribution in [3.8, 4) is 11.5 Å². The molecule has 0 aliphatic carbocycles. The van der Waals surface area contributed by atoms with E-state index in [0.717, 1.165) is 23.9 Å². The van der Waals surface area contributed by atoms with Crippen LogP contribution in [0.2, 0.25) is 0 Å². The molecule has 3 heterocycles. The van der Waals surface area contributed by atoms with E-state index in [9.17, 15) is 18.0 Å². The van der Waals surface area contributed by atoms with E-state index in [1.165, 1.54) is 0 Å². The van der Waals surface area contributed by atoms with Crippen molar-refractivity contribution >= 4 is 5.91 Å². The number of hydrogen-bond donors (Lipinski definition) is 1. The van der Waals surface area contributed by atoms with Crippen LogP contribution < -0.4 is 5.32 Å². The summed E-state index contributed by atoms with van der Waals surface area (Å²) < 4.78 is 42.6. The van der Waals surface area contributed by atoms with Crippen molar-refractivity contribution in [3.63, 3.8) is 0 Å². The zero-order chi connectivity index (χ0) is 17.9. The summed E-state index contributed by atoms with van der Waals surface area (Å²) in [6.07, 6.45) is -0.501. The van der Waals surface area contributed by atoms with Crippen molar-refractivity contribution in [2.24, 2.45) is 0 Å². The largest absolute Gasteiger partial charge is 0.463 e. The Morgan fingerprint density at radius 1 is 1.08 bits per heavy atom. The summed E-state index contributed by atoms with van der Waals surface area (Å²) in [4.78, 5) is 19.5. The van der Waals surface area contributed by atoms with Gasteiger partial charge in [-0.1, -0.05) is 6.07 Å². The zero-order valence-electron chi connectivity index (χ0n) is 12.7. The minimum atomic E-state index is -4.53. The summed E-state index contributed by atoms with van der Waals surface area (Å²) >= 11 is 0. The first-order valence-electron chi connectivity index (χ1n) is 7.24. The molecule has 0 aliphatic rings. The van der Waals surface area contributed by atoms with Gasteiger partial charge in [-0.3, -0.25) is 14.8 Å². The van der Waals surface area contributed by atoms with Gasteiger partial charge in [-0.15, -0.1) is 0 Å². The number of carbonyl (C=O) groups excluding carboxylic acids is 1. The van der Waals surface area contributed by atoms with E-state index in [1.54, 1.807) is 36.7 Å². The van der Waals surface area contributed by atoms with E-state index in [-0.39, 0.29) is 12.1 Å². The monoisotopic (exact) mass is 347 g/mol. The molecule has 8 heteroatoms. The van der Waals surface area contributed by atoms with E-state index in [4.69, 9.17) is 4.42 Å². The summed E-state index contributed by atoms with van der Waals surface area (Å²) in [6.45, 7) is 0.186. The highest BCUT2D eigenvalue weighted by atomic mass is 19.4. The molecule has 0 fully saturated rings. The van der Waals surface area contributed by atoms with Gasteiger partial charge >= 0.3 is 6.18 Å². The second-order valence-corrected chi connectivity index (χ2v) is 5.14. The molecule has 25 heavy (non-hydrogen) atoms. The smallest absolute Gasteiger partial charge is 0.433 e. The summed E-state index contributed by atoms with van der Waals surface area (Å²) in [5.74, 6) is 0.114. The normalized spacial score (nSPS) is 11.3. The van der Waals surface area contributed by atoms with E-state index in [2.05, 4.69) is 15.3 Å². The predicted molar refractivity (Wildman–Crippen MR) is 82.3 cm³/mol. The van der Waals surface area contributed by atoms with Gasteiger partial charge in [0.2, 0.25) is 0 Å². The number of halogens is 3. The number of hydrogen-bond acceptors (Lipinski definition) is 4. The van der Waals surface area contributed by atoms with Crippen molar-refractivity contribution in [2.45, 2.75) is 12.7 Å². The van der Waals surface area contributed by atoms with Crippen LogP contribution in [0.25, 0.3) is 11.5 Å². The summed E-state index contributed by atoms with van der Waals surface area (Å²) in [5, 5.41) is 2.60. The lowest BCUT2D eigenvalue weighted by atomic mass is 10.2. The number of amides is 1. The SMILES string of the molecule is O=C(NCc1ccc(-c2ccco2)nc1)c1ccc(C(F)(F)F)nc1. The second kappa shape index (κ2) is 6.76. The average Bonchev–Trinajstić information content (AvgIpc) is 3.14. The van der Waals surface area contributed by atoms with Crippen LogP contribution in [0.5, 0.6) is 0 Å². The number of aromatic nitrogens is 2. The van der Waals surface area contributed by atoms with Crippen LogP contribution in [-0.4, -0.2) is 15.9 Å². The Morgan fingerprint density at radius 3 is 2.48 bits per heavy atom. The molecular weight excluding hydrogens is 335 g/mol. The Labute approximate surface area is 140 Å². The van der Waals surface area contributed by atoms with Gasteiger partial charge in [0, 0.05) is 18.9 Å². The fraction of sp³-hybridized carbons (Fsp3) is 0.118. The van der Waals surface area contributed by atoms with Crippen LogP contribution in [0.3, 0.4) is 0 Å². The molecule has 3 aromatic rings. The predicted octanol–water partition coefficient (Wildman–Crippen LogP) is 3.69. The summed E-state index contributed by atoms with van der Waals surface area (Å²) in [6, 6.07) is 8.92. The van der Waals surface area contributed by atoms with Crippen LogP contribution in [0, 0.1) is 0 Å². The van der Waals surface area contributed by atoms with Crippen molar-refractivity contribution in [2.75, 3.05) is 0 Å². The molecule has 3 aromatic heterocycles. The van der Waals surface area contributed by atoms with Gasteiger partial charge < -0.3 is 9.73 Å². The van der Waals surface area contributed by atoms with Crippen molar-refractivity contribution < 1.29 is 22.4 Å². The minimum absolute atomic E-state index is 0.0492. The molecule has 0 spiro atoms. The standard InChI is InChI=1S/C17H12F3N3O2/c18-17(19,20)15-6-4-12(10-22-15)16(24)23-9-11-3-5-13(21-8-11)14-2-1-7-25-14/h1-8,10H,9H2,(H,23,24). The maximum atomic E-state index is 12.4. The Kier molecular flexibility index (Phi) is 4.51. The van der Waals surface area contributed by atoms with Gasteiger partial charge in [0.15, 0.2) is 5.76 Å². The molecule has 3 rings (SSSR count). The summed E-state index contributed by atoms with van der Waals surface area (Å²) in [7, 11) is 0. The number of pyridine rings is 2. The fourth-order valence-electron chi connectivity index (χ4n) is 2.08. The van der Waals surface area contributed by atoms with Crippen LogP contribution in [-0.2, 0) is 12.7 Å². The van der Waals surface area contributed by atoms with Crippen LogP contribution >= 0.6 is 0 Å². The molecule has 1 amide bonds. The molecule has 0 saturated carbocycles. The molecule has 0 atom stereocenters. The maximum absolute atomic E-state index is 12.4. The van der Waals surface area contributed by atoms with Gasteiger partial charge in [0.25, 0.3) is 5.91 Å².